The third-order valence-electron chi connectivity index (χ3n) is 6.56. The van der Waals surface area contributed by atoms with Gasteiger partial charge in [-0.05, 0) is 42.0 Å². The minimum absolute atomic E-state index is 0.0728. The lowest BCUT2D eigenvalue weighted by molar-refractivity contribution is -0.207. The van der Waals surface area contributed by atoms with Crippen molar-refractivity contribution in [2.24, 2.45) is 0 Å². The lowest BCUT2D eigenvalue weighted by Gasteiger charge is -2.39. The molecule has 2 aromatic carbocycles. The summed E-state index contributed by atoms with van der Waals surface area (Å²) in [4.78, 5) is 21.9. The van der Waals surface area contributed by atoms with Crippen LogP contribution in [0.5, 0.6) is 11.6 Å². The molecule has 1 saturated heterocycles. The van der Waals surface area contributed by atoms with Crippen molar-refractivity contribution < 1.29 is 32.2 Å². The summed E-state index contributed by atoms with van der Waals surface area (Å²) in [5, 5.41) is 1.23. The normalized spacial score (nSPS) is 17.9. The molecule has 1 spiro atoms. The number of alkyl halides is 3. The molecule has 1 atom stereocenters. The number of carbonyl (C=O) groups excluding carboxylic acids is 1. The van der Waals surface area contributed by atoms with Gasteiger partial charge < -0.3 is 14.2 Å². The largest absolute Gasteiger partial charge is 0.490 e. The lowest BCUT2D eigenvalue weighted by Crippen LogP contribution is -2.50. The molecule has 196 valence electrons. The van der Waals surface area contributed by atoms with E-state index in [1.807, 2.05) is 17.0 Å². The summed E-state index contributed by atoms with van der Waals surface area (Å²) in [5.41, 5.74) is 1.29. The van der Waals surface area contributed by atoms with E-state index in [2.05, 4.69) is 25.9 Å². The van der Waals surface area contributed by atoms with Crippen LogP contribution in [0.2, 0.25) is 5.02 Å². The molecule has 37 heavy (non-hydrogen) atoms. The highest BCUT2D eigenvalue weighted by molar-refractivity contribution is 9.10. The van der Waals surface area contributed by atoms with Crippen LogP contribution >= 0.6 is 27.5 Å². The standard InChI is InChI=1S/C25H22BrClF3N3O4/c26-16-1-3-20-19(10-16)22(32-14-31-20)35-13-18(36-23(34)25(28,29)30)12-33-7-5-24(6-8-33)11-15-9-17(27)2-4-21(15)37-24/h1-4,9-10,14,18H,5-8,11-13H2/t18-/m0/s1. The smallest absolute Gasteiger partial charge is 0.487 e. The minimum atomic E-state index is -5.11. The average Bonchev–Trinajstić information content (AvgIpc) is 3.20. The van der Waals surface area contributed by atoms with Crippen molar-refractivity contribution >= 4 is 44.4 Å². The van der Waals surface area contributed by atoms with E-state index < -0.39 is 18.2 Å². The number of esters is 1. The summed E-state index contributed by atoms with van der Waals surface area (Å²) in [6.07, 6.45) is -2.90. The zero-order valence-corrected chi connectivity index (χ0v) is 21.8. The maximum absolute atomic E-state index is 13.0. The Balaban J connectivity index is 1.25. The molecule has 3 aromatic rings. The van der Waals surface area contributed by atoms with Gasteiger partial charge in [0.2, 0.25) is 5.88 Å². The Kier molecular flexibility index (Phi) is 7.21. The SMILES string of the molecule is O=C(O[C@H](COc1ncnc2ccc(Br)cc12)CN1CCC2(CC1)Cc1cc(Cl)ccc1O2)C(F)(F)F. The van der Waals surface area contributed by atoms with Gasteiger partial charge in [0.25, 0.3) is 0 Å². The number of hydrogen-bond acceptors (Lipinski definition) is 7. The molecular formula is C25H22BrClF3N3O4. The molecule has 0 saturated carbocycles. The van der Waals surface area contributed by atoms with Crippen LogP contribution in [0.4, 0.5) is 13.2 Å². The summed E-state index contributed by atoms with van der Waals surface area (Å²) in [7, 11) is 0. The van der Waals surface area contributed by atoms with E-state index in [0.717, 1.165) is 22.2 Å². The highest BCUT2D eigenvalue weighted by atomic mass is 79.9. The number of benzene rings is 2. The van der Waals surface area contributed by atoms with Crippen LogP contribution in [0, 0.1) is 0 Å². The number of piperidine rings is 1. The molecule has 2 aliphatic heterocycles. The summed E-state index contributed by atoms with van der Waals surface area (Å²) < 4.78 is 56.5. The number of halogens is 5. The van der Waals surface area contributed by atoms with Gasteiger partial charge in [0.1, 0.15) is 30.4 Å². The molecule has 0 N–H and O–H groups in total. The second-order valence-electron chi connectivity index (χ2n) is 9.19. The Labute approximate surface area is 224 Å². The molecule has 1 fully saturated rings. The van der Waals surface area contributed by atoms with Gasteiger partial charge in [-0.1, -0.05) is 27.5 Å². The Morgan fingerprint density at radius 2 is 1.97 bits per heavy atom. The number of ether oxygens (including phenoxy) is 3. The average molecular weight is 601 g/mol. The van der Waals surface area contributed by atoms with Crippen LogP contribution in [-0.2, 0) is 16.0 Å². The van der Waals surface area contributed by atoms with Crippen molar-refractivity contribution in [2.75, 3.05) is 26.2 Å². The molecular weight excluding hydrogens is 579 g/mol. The predicted octanol–water partition coefficient (Wildman–Crippen LogP) is 5.37. The van der Waals surface area contributed by atoms with Crippen molar-refractivity contribution in [1.29, 1.82) is 0 Å². The molecule has 2 aliphatic rings. The molecule has 0 aliphatic carbocycles. The summed E-state index contributed by atoms with van der Waals surface area (Å²) in [5.74, 6) is -1.25. The molecule has 0 radical (unpaired) electrons. The zero-order valence-electron chi connectivity index (χ0n) is 19.4. The fourth-order valence-electron chi connectivity index (χ4n) is 4.75. The Hall–Kier alpha value is -2.63. The minimum Gasteiger partial charge on any atom is -0.487 e. The monoisotopic (exact) mass is 599 g/mol. The van der Waals surface area contributed by atoms with Gasteiger partial charge in [-0.15, -0.1) is 0 Å². The van der Waals surface area contributed by atoms with Gasteiger partial charge in [0, 0.05) is 48.4 Å². The fourth-order valence-corrected chi connectivity index (χ4v) is 5.30. The number of nitrogens with zero attached hydrogens (tertiary/aromatic N) is 3. The molecule has 0 amide bonds. The third-order valence-corrected chi connectivity index (χ3v) is 7.29. The van der Waals surface area contributed by atoms with E-state index in [4.69, 9.17) is 25.8 Å². The number of likely N-dealkylation sites (tertiary alicyclic amines) is 1. The molecule has 0 unspecified atom stereocenters. The first-order valence-electron chi connectivity index (χ1n) is 11.6. The van der Waals surface area contributed by atoms with Gasteiger partial charge in [-0.2, -0.15) is 13.2 Å². The first-order chi connectivity index (χ1) is 17.6. The van der Waals surface area contributed by atoms with E-state index in [0.29, 0.717) is 41.9 Å². The number of fused-ring (bicyclic) bond motifs is 2. The number of carbonyl (C=O) groups is 1. The summed E-state index contributed by atoms with van der Waals surface area (Å²) in [6.45, 7) is 0.891. The van der Waals surface area contributed by atoms with Gasteiger partial charge in [-0.25, -0.2) is 14.8 Å². The van der Waals surface area contributed by atoms with Gasteiger partial charge >= 0.3 is 12.1 Å². The van der Waals surface area contributed by atoms with Gasteiger partial charge in [-0.3, -0.25) is 4.90 Å². The summed E-state index contributed by atoms with van der Waals surface area (Å²) in [6, 6.07) is 10.9. The molecule has 0 bridgehead atoms. The zero-order chi connectivity index (χ0) is 26.2. The van der Waals surface area contributed by atoms with Gasteiger partial charge in [0.15, 0.2) is 0 Å². The van der Waals surface area contributed by atoms with Crippen molar-refractivity contribution in [2.45, 2.75) is 37.1 Å². The molecule has 3 heterocycles. The van der Waals surface area contributed by atoms with Crippen LogP contribution < -0.4 is 9.47 Å². The molecule has 12 heteroatoms. The van der Waals surface area contributed by atoms with Crippen molar-refractivity contribution in [3.63, 3.8) is 0 Å². The van der Waals surface area contributed by atoms with E-state index in [9.17, 15) is 18.0 Å². The van der Waals surface area contributed by atoms with Crippen LogP contribution in [0.15, 0.2) is 47.2 Å². The first kappa shape index (κ1) is 26.0. The first-order valence-corrected chi connectivity index (χ1v) is 12.8. The third kappa shape index (κ3) is 5.94. The molecule has 7 nitrogen and oxygen atoms in total. The Bertz CT molecular complexity index is 1320. The van der Waals surface area contributed by atoms with Crippen molar-refractivity contribution in [1.82, 2.24) is 14.9 Å². The predicted molar refractivity (Wildman–Crippen MR) is 133 cm³/mol. The van der Waals surface area contributed by atoms with E-state index in [1.54, 1.807) is 24.3 Å². The highest BCUT2D eigenvalue weighted by Crippen LogP contribution is 2.42. The Morgan fingerprint density at radius 3 is 2.73 bits per heavy atom. The van der Waals surface area contributed by atoms with E-state index >= 15 is 0 Å². The fraction of sp³-hybridized carbons (Fsp3) is 0.400. The quantitative estimate of drug-likeness (QED) is 0.353. The number of rotatable bonds is 6. The number of aromatic nitrogens is 2. The van der Waals surface area contributed by atoms with E-state index in [-0.39, 0.29) is 24.6 Å². The molecule has 5 rings (SSSR count). The maximum Gasteiger partial charge on any atom is 0.490 e. The van der Waals surface area contributed by atoms with Crippen LogP contribution in [0.3, 0.4) is 0 Å². The van der Waals surface area contributed by atoms with Gasteiger partial charge in [0.05, 0.1) is 10.9 Å². The second kappa shape index (κ2) is 10.3. The van der Waals surface area contributed by atoms with Crippen molar-refractivity contribution in [3.8, 4) is 11.6 Å². The van der Waals surface area contributed by atoms with Crippen molar-refractivity contribution in [3.05, 3.63) is 57.8 Å². The topological polar surface area (TPSA) is 73.8 Å². The highest BCUT2D eigenvalue weighted by Gasteiger charge is 2.44. The Morgan fingerprint density at radius 1 is 1.19 bits per heavy atom. The summed E-state index contributed by atoms with van der Waals surface area (Å²) >= 11 is 9.49. The van der Waals surface area contributed by atoms with Crippen LogP contribution in [-0.4, -0.2) is 65.0 Å². The van der Waals surface area contributed by atoms with E-state index in [1.165, 1.54) is 6.33 Å². The molecule has 1 aromatic heterocycles. The maximum atomic E-state index is 13.0. The number of hydrogen-bond donors (Lipinski definition) is 0. The lowest BCUT2D eigenvalue weighted by atomic mass is 9.87. The van der Waals surface area contributed by atoms with Crippen LogP contribution in [0.25, 0.3) is 10.9 Å². The van der Waals surface area contributed by atoms with Crippen LogP contribution in [0.1, 0.15) is 18.4 Å². The second-order valence-corrected chi connectivity index (χ2v) is 10.5.